The first kappa shape index (κ1) is 23.8. The number of rotatable bonds is 9. The van der Waals surface area contributed by atoms with E-state index in [2.05, 4.69) is 10.1 Å². The molecular weight excluding hydrogens is 421 g/mol. The Kier molecular flexibility index (Phi) is 7.99. The molecule has 2 rings (SSSR count). The molecule has 30 heavy (non-hydrogen) atoms. The predicted molar refractivity (Wildman–Crippen MR) is 107 cm³/mol. The van der Waals surface area contributed by atoms with Crippen LogP contribution in [0.15, 0.2) is 53.4 Å². The number of sulfonamides is 1. The van der Waals surface area contributed by atoms with E-state index in [-0.39, 0.29) is 11.5 Å². The Labute approximate surface area is 173 Å². The van der Waals surface area contributed by atoms with Gasteiger partial charge in [-0.3, -0.25) is 4.79 Å². The molecule has 0 unspecified atom stereocenters. The average Bonchev–Trinajstić information content (AvgIpc) is 2.68. The van der Waals surface area contributed by atoms with E-state index in [1.165, 1.54) is 52.8 Å². The van der Waals surface area contributed by atoms with Crippen molar-refractivity contribution >= 4 is 21.6 Å². The summed E-state index contributed by atoms with van der Waals surface area (Å²) in [6, 6.07) is 11.8. The number of hydrogen-bond acceptors (Lipinski definition) is 4. The van der Waals surface area contributed by atoms with Crippen LogP contribution >= 0.6 is 0 Å². The van der Waals surface area contributed by atoms with Crippen molar-refractivity contribution in [1.82, 2.24) is 4.31 Å². The molecular formula is C20H23F3N2O4S. The Balaban J connectivity index is 1.99. The highest BCUT2D eigenvalue weighted by Gasteiger charge is 2.27. The van der Waals surface area contributed by atoms with E-state index in [0.29, 0.717) is 29.9 Å². The number of ether oxygens (including phenoxy) is 1. The Bertz CT molecular complexity index is 940. The summed E-state index contributed by atoms with van der Waals surface area (Å²) in [6.07, 6.45) is -4.39. The third-order valence-electron chi connectivity index (χ3n) is 4.21. The molecule has 2 aromatic carbocycles. The van der Waals surface area contributed by atoms with Crippen molar-refractivity contribution in [2.45, 2.75) is 31.5 Å². The van der Waals surface area contributed by atoms with E-state index in [1.54, 1.807) is 13.8 Å². The Hall–Kier alpha value is -2.43. The minimum absolute atomic E-state index is 0.132. The van der Waals surface area contributed by atoms with Crippen LogP contribution in [-0.4, -0.2) is 44.5 Å². The lowest BCUT2D eigenvalue weighted by molar-refractivity contribution is -0.176. The lowest BCUT2D eigenvalue weighted by Crippen LogP contribution is -2.30. The molecule has 0 saturated carbocycles. The van der Waals surface area contributed by atoms with Gasteiger partial charge in [0.1, 0.15) is 6.61 Å². The average molecular weight is 444 g/mol. The van der Waals surface area contributed by atoms with Crippen LogP contribution in [0.2, 0.25) is 0 Å². The molecule has 0 aliphatic heterocycles. The van der Waals surface area contributed by atoms with Crippen LogP contribution in [0.4, 0.5) is 18.9 Å². The van der Waals surface area contributed by atoms with Gasteiger partial charge in [0.2, 0.25) is 10.0 Å². The number of hydrogen-bond donors (Lipinski definition) is 1. The summed E-state index contributed by atoms with van der Waals surface area (Å²) in [7, 11) is -3.58. The summed E-state index contributed by atoms with van der Waals surface area (Å²) in [5, 5.41) is 2.65. The zero-order valence-corrected chi connectivity index (χ0v) is 17.4. The second-order valence-electron chi connectivity index (χ2n) is 6.37. The predicted octanol–water partition coefficient (Wildman–Crippen LogP) is 4.05. The second-order valence-corrected chi connectivity index (χ2v) is 8.31. The summed E-state index contributed by atoms with van der Waals surface area (Å²) >= 11 is 0. The molecule has 0 aliphatic carbocycles. The Morgan fingerprint density at radius 1 is 1.00 bits per heavy atom. The van der Waals surface area contributed by atoms with E-state index < -0.39 is 28.7 Å². The van der Waals surface area contributed by atoms with E-state index in [9.17, 15) is 26.4 Å². The fourth-order valence-electron chi connectivity index (χ4n) is 2.66. The molecule has 2 aromatic rings. The number of amides is 1. The van der Waals surface area contributed by atoms with Gasteiger partial charge in [-0.15, -0.1) is 0 Å². The van der Waals surface area contributed by atoms with Crippen LogP contribution in [0.25, 0.3) is 0 Å². The molecule has 0 spiro atoms. The molecule has 0 saturated heterocycles. The van der Waals surface area contributed by atoms with Crippen molar-refractivity contribution < 1.29 is 31.1 Å². The van der Waals surface area contributed by atoms with E-state index in [0.717, 1.165) is 0 Å². The molecule has 0 aromatic heterocycles. The number of benzene rings is 2. The molecule has 0 fully saturated rings. The SMILES string of the molecule is CCN(CC)S(=O)(=O)c1ccc(NC(=O)c2ccc(COCC(F)(F)F)cc2)cc1. The van der Waals surface area contributed by atoms with Crippen molar-refractivity contribution in [3.8, 4) is 0 Å². The fourth-order valence-corrected chi connectivity index (χ4v) is 4.12. The van der Waals surface area contributed by atoms with Gasteiger partial charge < -0.3 is 10.1 Å². The lowest BCUT2D eigenvalue weighted by atomic mass is 10.1. The number of carbonyl (C=O) groups is 1. The van der Waals surface area contributed by atoms with Gasteiger partial charge in [-0.05, 0) is 42.0 Å². The summed E-state index contributed by atoms with van der Waals surface area (Å²) in [6.45, 7) is 2.66. The van der Waals surface area contributed by atoms with Gasteiger partial charge in [0.05, 0.1) is 11.5 Å². The van der Waals surface area contributed by atoms with Crippen LogP contribution in [0.1, 0.15) is 29.8 Å². The molecule has 1 amide bonds. The maximum absolute atomic E-state index is 12.5. The van der Waals surface area contributed by atoms with Crippen LogP contribution in [0.3, 0.4) is 0 Å². The van der Waals surface area contributed by atoms with Gasteiger partial charge in [-0.2, -0.15) is 17.5 Å². The molecule has 164 valence electrons. The largest absolute Gasteiger partial charge is 0.411 e. The highest BCUT2D eigenvalue weighted by Crippen LogP contribution is 2.19. The second kappa shape index (κ2) is 10.1. The van der Waals surface area contributed by atoms with Gasteiger partial charge in [0.15, 0.2) is 0 Å². The van der Waals surface area contributed by atoms with Crippen molar-refractivity contribution in [3.05, 3.63) is 59.7 Å². The number of nitrogens with one attached hydrogen (secondary N) is 1. The number of halogens is 3. The highest BCUT2D eigenvalue weighted by atomic mass is 32.2. The number of anilines is 1. The summed E-state index contributed by atoms with van der Waals surface area (Å²) in [5.41, 5.74) is 1.22. The topological polar surface area (TPSA) is 75.7 Å². The van der Waals surface area contributed by atoms with Crippen LogP contribution < -0.4 is 5.32 Å². The van der Waals surface area contributed by atoms with Crippen molar-refractivity contribution in [3.63, 3.8) is 0 Å². The highest BCUT2D eigenvalue weighted by molar-refractivity contribution is 7.89. The van der Waals surface area contributed by atoms with Crippen LogP contribution in [0.5, 0.6) is 0 Å². The Morgan fingerprint density at radius 3 is 2.07 bits per heavy atom. The minimum atomic E-state index is -4.39. The standard InChI is InChI=1S/C20H23F3N2O4S/c1-3-25(4-2)30(27,28)18-11-9-17(10-12-18)24-19(26)16-7-5-15(6-8-16)13-29-14-20(21,22)23/h5-12H,3-4,13-14H2,1-2H3,(H,24,26). The van der Waals surface area contributed by atoms with Crippen molar-refractivity contribution in [2.75, 3.05) is 25.0 Å². The summed E-state index contributed by atoms with van der Waals surface area (Å²) < 4.78 is 67.1. The lowest BCUT2D eigenvalue weighted by Gasteiger charge is -2.18. The van der Waals surface area contributed by atoms with E-state index >= 15 is 0 Å². The Morgan fingerprint density at radius 2 is 1.57 bits per heavy atom. The third kappa shape index (κ3) is 6.54. The normalized spacial score (nSPS) is 12.2. The zero-order chi connectivity index (χ0) is 22.4. The first-order valence-corrected chi connectivity index (χ1v) is 10.7. The molecule has 10 heteroatoms. The first-order chi connectivity index (χ1) is 14.1. The van der Waals surface area contributed by atoms with Gasteiger partial charge in [0, 0.05) is 24.3 Å². The van der Waals surface area contributed by atoms with Crippen LogP contribution in [-0.2, 0) is 21.4 Å². The molecule has 0 atom stereocenters. The minimum Gasteiger partial charge on any atom is -0.367 e. The van der Waals surface area contributed by atoms with Gasteiger partial charge in [-0.25, -0.2) is 8.42 Å². The number of nitrogens with zero attached hydrogens (tertiary/aromatic N) is 1. The number of carbonyl (C=O) groups excluding carboxylic acids is 1. The van der Waals surface area contributed by atoms with Crippen molar-refractivity contribution in [1.29, 1.82) is 0 Å². The van der Waals surface area contributed by atoms with Gasteiger partial charge in [-0.1, -0.05) is 26.0 Å². The maximum atomic E-state index is 12.5. The summed E-state index contributed by atoms with van der Waals surface area (Å²) in [4.78, 5) is 12.5. The molecule has 6 nitrogen and oxygen atoms in total. The smallest absolute Gasteiger partial charge is 0.367 e. The first-order valence-electron chi connectivity index (χ1n) is 9.21. The van der Waals surface area contributed by atoms with Crippen LogP contribution in [0, 0.1) is 0 Å². The molecule has 0 radical (unpaired) electrons. The van der Waals surface area contributed by atoms with E-state index in [1.807, 2.05) is 0 Å². The third-order valence-corrected chi connectivity index (χ3v) is 6.27. The summed E-state index contributed by atoms with van der Waals surface area (Å²) in [5.74, 6) is -0.433. The maximum Gasteiger partial charge on any atom is 0.411 e. The van der Waals surface area contributed by atoms with Gasteiger partial charge in [0.25, 0.3) is 5.91 Å². The van der Waals surface area contributed by atoms with E-state index in [4.69, 9.17) is 0 Å². The molecule has 1 N–H and O–H groups in total. The zero-order valence-electron chi connectivity index (χ0n) is 16.6. The molecule has 0 bridgehead atoms. The molecule has 0 heterocycles. The quantitative estimate of drug-likeness (QED) is 0.633. The van der Waals surface area contributed by atoms with Crippen molar-refractivity contribution in [2.24, 2.45) is 0 Å². The number of alkyl halides is 3. The molecule has 0 aliphatic rings. The monoisotopic (exact) mass is 444 g/mol. The van der Waals surface area contributed by atoms with Gasteiger partial charge >= 0.3 is 6.18 Å². The fraction of sp³-hybridized carbons (Fsp3) is 0.350.